The van der Waals surface area contributed by atoms with E-state index in [-0.39, 0.29) is 12.4 Å². The van der Waals surface area contributed by atoms with Crippen LogP contribution in [0.4, 0.5) is 11.4 Å². The van der Waals surface area contributed by atoms with Crippen molar-refractivity contribution in [2.45, 2.75) is 45.1 Å². The fraction of sp³-hybridized carbons (Fsp3) is 0.588. The number of nitrogens with one attached hydrogen (secondary N) is 1. The van der Waals surface area contributed by atoms with Gasteiger partial charge in [-0.15, -0.1) is 0 Å². The second-order valence-corrected chi connectivity index (χ2v) is 6.12. The molecule has 1 aromatic rings. The number of benzene rings is 1. The van der Waals surface area contributed by atoms with Gasteiger partial charge in [-0.3, -0.25) is 4.79 Å². The summed E-state index contributed by atoms with van der Waals surface area (Å²) in [5, 5.41) is 3.53. The van der Waals surface area contributed by atoms with E-state index in [9.17, 15) is 4.79 Å². The van der Waals surface area contributed by atoms with Crippen molar-refractivity contribution in [3.05, 3.63) is 17.7 Å². The van der Waals surface area contributed by atoms with Crippen LogP contribution in [-0.2, 0) is 16.0 Å². The molecule has 1 unspecified atom stereocenters. The molecule has 1 fully saturated rings. The van der Waals surface area contributed by atoms with Crippen LogP contribution in [0.3, 0.4) is 0 Å². The molecule has 0 amide bonds. The molecule has 1 aliphatic rings. The Morgan fingerprint density at radius 2 is 2.14 bits per heavy atom. The van der Waals surface area contributed by atoms with Gasteiger partial charge in [0.25, 0.3) is 0 Å². The molecular formula is C17H26N2O3. The van der Waals surface area contributed by atoms with E-state index in [2.05, 4.69) is 12.2 Å². The number of carbonyl (C=O) groups excluding carboxylic acids is 1. The van der Waals surface area contributed by atoms with Gasteiger partial charge in [-0.1, -0.05) is 19.8 Å². The van der Waals surface area contributed by atoms with Gasteiger partial charge in [-0.05, 0) is 24.8 Å². The zero-order chi connectivity index (χ0) is 16.1. The highest BCUT2D eigenvalue weighted by Gasteiger charge is 2.20. The van der Waals surface area contributed by atoms with Gasteiger partial charge in [0.15, 0.2) is 0 Å². The summed E-state index contributed by atoms with van der Waals surface area (Å²) in [6.07, 6.45) is 5.03. The van der Waals surface area contributed by atoms with Crippen molar-refractivity contribution in [2.75, 3.05) is 25.3 Å². The Kier molecular flexibility index (Phi) is 5.52. The molecule has 3 N–H and O–H groups in total. The predicted molar refractivity (Wildman–Crippen MR) is 88.2 cm³/mol. The van der Waals surface area contributed by atoms with Gasteiger partial charge in [0, 0.05) is 17.7 Å². The topological polar surface area (TPSA) is 73.6 Å². The molecule has 1 saturated carbocycles. The van der Waals surface area contributed by atoms with E-state index in [0.29, 0.717) is 17.5 Å². The highest BCUT2D eigenvalue weighted by Crippen LogP contribution is 2.33. The molecule has 22 heavy (non-hydrogen) atoms. The lowest BCUT2D eigenvalue weighted by atomic mass is 9.87. The average Bonchev–Trinajstić information content (AvgIpc) is 2.49. The summed E-state index contributed by atoms with van der Waals surface area (Å²) in [7, 11) is 2.97. The maximum absolute atomic E-state index is 11.5. The van der Waals surface area contributed by atoms with Crippen LogP contribution in [0, 0.1) is 5.92 Å². The number of hydrogen-bond donors (Lipinski definition) is 2. The zero-order valence-electron chi connectivity index (χ0n) is 13.6. The summed E-state index contributed by atoms with van der Waals surface area (Å²) in [5.41, 5.74) is 8.40. The Morgan fingerprint density at radius 1 is 1.36 bits per heavy atom. The number of carbonyl (C=O) groups is 1. The number of methoxy groups -OCH3 is 2. The predicted octanol–water partition coefficient (Wildman–Crippen LogP) is 2.98. The first-order valence-corrected chi connectivity index (χ1v) is 7.83. The smallest absolute Gasteiger partial charge is 0.310 e. The van der Waals surface area contributed by atoms with Crippen LogP contribution in [0.25, 0.3) is 0 Å². The highest BCUT2D eigenvalue weighted by atomic mass is 16.5. The normalized spacial score (nSPS) is 21.2. The van der Waals surface area contributed by atoms with Gasteiger partial charge >= 0.3 is 5.97 Å². The van der Waals surface area contributed by atoms with Crippen molar-refractivity contribution < 1.29 is 14.3 Å². The maximum Gasteiger partial charge on any atom is 0.310 e. The van der Waals surface area contributed by atoms with Crippen molar-refractivity contribution in [3.8, 4) is 5.75 Å². The fourth-order valence-electron chi connectivity index (χ4n) is 3.11. The lowest BCUT2D eigenvalue weighted by molar-refractivity contribution is -0.139. The molecule has 1 aromatic carbocycles. The number of anilines is 2. The molecular weight excluding hydrogens is 280 g/mol. The second-order valence-electron chi connectivity index (χ2n) is 6.12. The highest BCUT2D eigenvalue weighted by molar-refractivity contribution is 5.77. The lowest BCUT2D eigenvalue weighted by Crippen LogP contribution is -2.26. The number of nitrogens with two attached hydrogens (primary N) is 1. The standard InChI is InChI=1S/C17H26N2O3/c1-11-5-4-6-13(7-11)19-15-10-16(21-2)12(8-14(15)18)9-17(20)22-3/h8,10-11,13,19H,4-7,9,18H2,1-3H3/t11?,13-/m0/s1. The van der Waals surface area contributed by atoms with E-state index in [1.165, 1.54) is 20.0 Å². The van der Waals surface area contributed by atoms with Crippen molar-refractivity contribution in [1.82, 2.24) is 0 Å². The average molecular weight is 306 g/mol. The molecule has 2 atom stereocenters. The van der Waals surface area contributed by atoms with Gasteiger partial charge in [-0.25, -0.2) is 0 Å². The van der Waals surface area contributed by atoms with Gasteiger partial charge in [0.2, 0.25) is 0 Å². The fourth-order valence-corrected chi connectivity index (χ4v) is 3.11. The van der Waals surface area contributed by atoms with Crippen LogP contribution in [0.5, 0.6) is 5.75 Å². The molecule has 0 heterocycles. The number of ether oxygens (including phenoxy) is 2. The van der Waals surface area contributed by atoms with Crippen molar-refractivity contribution in [3.63, 3.8) is 0 Å². The SMILES string of the molecule is COC(=O)Cc1cc(N)c(N[C@H]2CCCC(C)C2)cc1OC. The monoisotopic (exact) mass is 306 g/mol. The van der Waals surface area contributed by atoms with Gasteiger partial charge in [0.1, 0.15) is 5.75 Å². The molecule has 0 bridgehead atoms. The molecule has 5 heteroatoms. The Hall–Kier alpha value is -1.91. The van der Waals surface area contributed by atoms with Crippen LogP contribution >= 0.6 is 0 Å². The molecule has 0 saturated heterocycles. The number of nitrogen functional groups attached to an aromatic ring is 1. The Morgan fingerprint density at radius 3 is 2.77 bits per heavy atom. The lowest BCUT2D eigenvalue weighted by Gasteiger charge is -2.29. The molecule has 5 nitrogen and oxygen atoms in total. The summed E-state index contributed by atoms with van der Waals surface area (Å²) in [5.74, 6) is 1.10. The van der Waals surface area contributed by atoms with Crippen LogP contribution in [0.1, 0.15) is 38.2 Å². The summed E-state index contributed by atoms with van der Waals surface area (Å²) in [6.45, 7) is 2.29. The molecule has 1 aliphatic carbocycles. The minimum Gasteiger partial charge on any atom is -0.496 e. The summed E-state index contributed by atoms with van der Waals surface area (Å²) in [4.78, 5) is 11.5. The van der Waals surface area contributed by atoms with Crippen molar-refractivity contribution in [2.24, 2.45) is 5.92 Å². The zero-order valence-corrected chi connectivity index (χ0v) is 13.6. The van der Waals surface area contributed by atoms with Crippen LogP contribution in [-0.4, -0.2) is 26.2 Å². The van der Waals surface area contributed by atoms with Crippen LogP contribution < -0.4 is 15.8 Å². The molecule has 0 aliphatic heterocycles. The van der Waals surface area contributed by atoms with E-state index >= 15 is 0 Å². The van der Waals surface area contributed by atoms with Crippen molar-refractivity contribution in [1.29, 1.82) is 0 Å². The summed E-state index contributed by atoms with van der Waals surface area (Å²) in [6, 6.07) is 4.12. The molecule has 0 spiro atoms. The molecule has 2 rings (SSSR count). The number of esters is 1. The van der Waals surface area contributed by atoms with Gasteiger partial charge in [0.05, 0.1) is 32.0 Å². The van der Waals surface area contributed by atoms with Gasteiger partial charge in [-0.2, -0.15) is 0 Å². The Bertz CT molecular complexity index is 531. The first-order valence-electron chi connectivity index (χ1n) is 7.83. The Balaban J connectivity index is 2.16. The van der Waals surface area contributed by atoms with Crippen LogP contribution in [0.15, 0.2) is 12.1 Å². The summed E-state index contributed by atoms with van der Waals surface area (Å²) >= 11 is 0. The third-order valence-electron chi connectivity index (χ3n) is 4.31. The second kappa shape index (κ2) is 7.38. The van der Waals surface area contributed by atoms with E-state index in [1.807, 2.05) is 6.07 Å². The van der Waals surface area contributed by atoms with Crippen LogP contribution in [0.2, 0.25) is 0 Å². The quantitative estimate of drug-likeness (QED) is 0.646. The maximum atomic E-state index is 11.5. The van der Waals surface area contributed by atoms with Gasteiger partial charge < -0.3 is 20.5 Å². The van der Waals surface area contributed by atoms with E-state index in [4.69, 9.17) is 15.2 Å². The number of rotatable bonds is 5. The first-order chi connectivity index (χ1) is 10.5. The largest absolute Gasteiger partial charge is 0.496 e. The summed E-state index contributed by atoms with van der Waals surface area (Å²) < 4.78 is 10.1. The van der Waals surface area contributed by atoms with E-state index in [1.54, 1.807) is 13.2 Å². The molecule has 0 aromatic heterocycles. The Labute approximate surface area is 132 Å². The molecule has 0 radical (unpaired) electrons. The molecule has 122 valence electrons. The van der Waals surface area contributed by atoms with E-state index in [0.717, 1.165) is 30.0 Å². The third kappa shape index (κ3) is 4.06. The van der Waals surface area contributed by atoms with E-state index < -0.39 is 0 Å². The number of hydrogen-bond acceptors (Lipinski definition) is 5. The minimum absolute atomic E-state index is 0.157. The minimum atomic E-state index is -0.306. The van der Waals surface area contributed by atoms with Crippen molar-refractivity contribution >= 4 is 17.3 Å². The first kappa shape index (κ1) is 16.5. The third-order valence-corrected chi connectivity index (χ3v) is 4.31.